The molecule has 0 fully saturated rings. The predicted molar refractivity (Wildman–Crippen MR) is 275 cm³/mol. The summed E-state index contributed by atoms with van der Waals surface area (Å²) in [6, 6.07) is 0. The first-order valence-corrected chi connectivity index (χ1v) is 28.0. The number of allylic oxidation sites excluding steroid dienone is 6. The van der Waals surface area contributed by atoms with Crippen molar-refractivity contribution >= 4 is 17.9 Å². The maximum absolute atomic E-state index is 12.8. The van der Waals surface area contributed by atoms with Crippen molar-refractivity contribution in [3.8, 4) is 0 Å². The molecule has 0 aliphatic rings. The summed E-state index contributed by atoms with van der Waals surface area (Å²) in [7, 11) is 0. The van der Waals surface area contributed by atoms with Crippen LogP contribution in [0.1, 0.15) is 297 Å². The largest absolute Gasteiger partial charge is 0.462 e. The maximum atomic E-state index is 12.8. The van der Waals surface area contributed by atoms with Crippen molar-refractivity contribution in [3.63, 3.8) is 0 Å². The molecule has 0 spiro atoms. The minimum atomic E-state index is -0.772. The number of ether oxygens (including phenoxy) is 3. The third-order valence-corrected chi connectivity index (χ3v) is 12.4. The van der Waals surface area contributed by atoms with E-state index in [-0.39, 0.29) is 31.1 Å². The van der Waals surface area contributed by atoms with Crippen molar-refractivity contribution in [3.05, 3.63) is 36.5 Å². The van der Waals surface area contributed by atoms with Crippen LogP contribution < -0.4 is 0 Å². The molecule has 374 valence electrons. The van der Waals surface area contributed by atoms with Gasteiger partial charge in [-0.05, 0) is 57.8 Å². The van der Waals surface area contributed by atoms with E-state index in [9.17, 15) is 14.4 Å². The van der Waals surface area contributed by atoms with Gasteiger partial charge in [0.25, 0.3) is 0 Å². The van der Waals surface area contributed by atoms with Gasteiger partial charge in [0.1, 0.15) is 13.2 Å². The standard InChI is InChI=1S/C58H106O6/c1-4-7-10-13-16-19-22-25-27-28-29-30-31-34-36-39-42-45-48-51-57(60)63-54-55(53-62-56(59)50-47-44-41-38-35-32-24-21-18-15-12-9-6-3)64-58(61)52-49-46-43-40-37-33-26-23-20-17-14-11-8-5-2/h16,19,25,27,29-30,55H,4-15,17-18,20-24,26,28,31-54H2,1-3H3/b19-16-,27-25-,30-29-. The molecule has 6 nitrogen and oxygen atoms in total. The van der Waals surface area contributed by atoms with Gasteiger partial charge in [-0.2, -0.15) is 0 Å². The molecule has 0 amide bonds. The zero-order valence-electron chi connectivity index (χ0n) is 42.8. The number of hydrogen-bond acceptors (Lipinski definition) is 6. The quantitative estimate of drug-likeness (QED) is 0.0262. The normalized spacial score (nSPS) is 12.2. The highest BCUT2D eigenvalue weighted by molar-refractivity contribution is 5.71. The SMILES string of the molecule is CCCCC/C=C\C/C=C\C/C=C\CCCCCCCCC(=O)OCC(COC(=O)CCCCCCCCCCCCCCC)OC(=O)CCCCCCCCCCCCCCCC. The first-order valence-electron chi connectivity index (χ1n) is 28.0. The van der Waals surface area contributed by atoms with E-state index in [0.29, 0.717) is 19.3 Å². The Morgan fingerprint density at radius 2 is 0.562 bits per heavy atom. The van der Waals surface area contributed by atoms with E-state index in [2.05, 4.69) is 57.2 Å². The van der Waals surface area contributed by atoms with Crippen LogP contribution in [0.2, 0.25) is 0 Å². The van der Waals surface area contributed by atoms with Gasteiger partial charge >= 0.3 is 17.9 Å². The molecule has 1 unspecified atom stereocenters. The molecular weight excluding hydrogens is 793 g/mol. The zero-order chi connectivity index (χ0) is 46.5. The summed E-state index contributed by atoms with van der Waals surface area (Å²) in [5.74, 6) is -0.868. The number of unbranched alkanes of at least 4 members (excludes halogenated alkanes) is 34. The van der Waals surface area contributed by atoms with E-state index in [0.717, 1.165) is 77.0 Å². The van der Waals surface area contributed by atoms with Gasteiger partial charge < -0.3 is 14.2 Å². The van der Waals surface area contributed by atoms with Crippen molar-refractivity contribution in [2.24, 2.45) is 0 Å². The molecule has 0 bridgehead atoms. The Balaban J connectivity index is 4.34. The van der Waals surface area contributed by atoms with E-state index in [1.807, 2.05) is 0 Å². The maximum Gasteiger partial charge on any atom is 0.306 e. The second kappa shape index (κ2) is 53.2. The summed E-state index contributed by atoms with van der Waals surface area (Å²) in [6.07, 6.45) is 62.7. The van der Waals surface area contributed by atoms with Gasteiger partial charge in [0.2, 0.25) is 0 Å². The average Bonchev–Trinajstić information content (AvgIpc) is 3.29. The number of carbonyl (C=O) groups is 3. The van der Waals surface area contributed by atoms with Crippen molar-refractivity contribution in [2.45, 2.75) is 303 Å². The van der Waals surface area contributed by atoms with Crippen molar-refractivity contribution < 1.29 is 28.6 Å². The second-order valence-electron chi connectivity index (χ2n) is 18.9. The third kappa shape index (κ3) is 50.6. The van der Waals surface area contributed by atoms with Crippen LogP contribution in [0.3, 0.4) is 0 Å². The molecule has 0 N–H and O–H groups in total. The fourth-order valence-electron chi connectivity index (χ4n) is 8.16. The van der Waals surface area contributed by atoms with Crippen molar-refractivity contribution in [2.75, 3.05) is 13.2 Å². The van der Waals surface area contributed by atoms with Crippen molar-refractivity contribution in [1.29, 1.82) is 0 Å². The van der Waals surface area contributed by atoms with Crippen LogP contribution in [-0.2, 0) is 28.6 Å². The number of carbonyl (C=O) groups excluding carboxylic acids is 3. The number of rotatable bonds is 51. The molecule has 0 aromatic heterocycles. The first kappa shape index (κ1) is 61.6. The summed E-state index contributed by atoms with van der Waals surface area (Å²) < 4.78 is 16.8. The Labute approximate surface area is 397 Å². The van der Waals surface area contributed by atoms with Crippen LogP contribution >= 0.6 is 0 Å². The van der Waals surface area contributed by atoms with Gasteiger partial charge in [-0.1, -0.05) is 256 Å². The minimum absolute atomic E-state index is 0.0716. The van der Waals surface area contributed by atoms with Gasteiger partial charge in [0, 0.05) is 19.3 Å². The van der Waals surface area contributed by atoms with Crippen LogP contribution in [-0.4, -0.2) is 37.2 Å². The zero-order valence-corrected chi connectivity index (χ0v) is 42.8. The lowest BCUT2D eigenvalue weighted by molar-refractivity contribution is -0.167. The molecule has 0 heterocycles. The van der Waals surface area contributed by atoms with Crippen LogP contribution in [0.4, 0.5) is 0 Å². The molecular formula is C58H106O6. The average molecular weight is 899 g/mol. The molecule has 0 saturated heterocycles. The Hall–Kier alpha value is -2.37. The van der Waals surface area contributed by atoms with E-state index >= 15 is 0 Å². The monoisotopic (exact) mass is 899 g/mol. The van der Waals surface area contributed by atoms with Gasteiger partial charge in [0.15, 0.2) is 6.10 Å². The Kier molecular flexibility index (Phi) is 51.3. The molecule has 0 aromatic carbocycles. The first-order chi connectivity index (χ1) is 31.5. The molecule has 1 atom stereocenters. The highest BCUT2D eigenvalue weighted by Gasteiger charge is 2.19. The topological polar surface area (TPSA) is 78.9 Å². The molecule has 0 radical (unpaired) electrons. The van der Waals surface area contributed by atoms with E-state index in [1.54, 1.807) is 0 Å². The Morgan fingerprint density at radius 3 is 0.906 bits per heavy atom. The molecule has 0 saturated carbocycles. The van der Waals surface area contributed by atoms with Gasteiger partial charge in [0.05, 0.1) is 0 Å². The molecule has 0 rings (SSSR count). The lowest BCUT2D eigenvalue weighted by atomic mass is 10.0. The molecule has 0 aliphatic carbocycles. The molecule has 64 heavy (non-hydrogen) atoms. The van der Waals surface area contributed by atoms with Gasteiger partial charge in [-0.3, -0.25) is 14.4 Å². The Morgan fingerprint density at radius 1 is 0.312 bits per heavy atom. The minimum Gasteiger partial charge on any atom is -0.462 e. The summed E-state index contributed by atoms with van der Waals surface area (Å²) >= 11 is 0. The lowest BCUT2D eigenvalue weighted by Crippen LogP contribution is -2.30. The number of esters is 3. The highest BCUT2D eigenvalue weighted by atomic mass is 16.6. The van der Waals surface area contributed by atoms with E-state index < -0.39 is 6.10 Å². The van der Waals surface area contributed by atoms with Crippen LogP contribution in [0.25, 0.3) is 0 Å². The summed E-state index contributed by atoms with van der Waals surface area (Å²) in [4.78, 5) is 38.1. The van der Waals surface area contributed by atoms with Crippen LogP contribution in [0, 0.1) is 0 Å². The summed E-state index contributed by atoms with van der Waals surface area (Å²) in [5, 5.41) is 0. The molecule has 6 heteroatoms. The Bertz CT molecular complexity index is 1080. The second-order valence-corrected chi connectivity index (χ2v) is 18.9. The lowest BCUT2D eigenvalue weighted by Gasteiger charge is -2.18. The highest BCUT2D eigenvalue weighted by Crippen LogP contribution is 2.16. The van der Waals surface area contributed by atoms with E-state index in [1.165, 1.54) is 180 Å². The fraction of sp³-hybridized carbons (Fsp3) is 0.845. The smallest absolute Gasteiger partial charge is 0.306 e. The molecule has 0 aliphatic heterocycles. The van der Waals surface area contributed by atoms with Gasteiger partial charge in [-0.25, -0.2) is 0 Å². The third-order valence-electron chi connectivity index (χ3n) is 12.4. The fourth-order valence-corrected chi connectivity index (χ4v) is 8.16. The number of hydrogen-bond donors (Lipinski definition) is 0. The predicted octanol–water partition coefficient (Wildman–Crippen LogP) is 18.5. The van der Waals surface area contributed by atoms with Crippen LogP contribution in [0.5, 0.6) is 0 Å². The van der Waals surface area contributed by atoms with Crippen LogP contribution in [0.15, 0.2) is 36.5 Å². The van der Waals surface area contributed by atoms with Gasteiger partial charge in [-0.15, -0.1) is 0 Å². The van der Waals surface area contributed by atoms with E-state index in [4.69, 9.17) is 14.2 Å². The molecule has 0 aromatic rings. The summed E-state index contributed by atoms with van der Waals surface area (Å²) in [5.41, 5.74) is 0. The summed E-state index contributed by atoms with van der Waals surface area (Å²) in [6.45, 7) is 6.63. The van der Waals surface area contributed by atoms with Crippen molar-refractivity contribution in [1.82, 2.24) is 0 Å².